The van der Waals surface area contributed by atoms with Gasteiger partial charge in [0.05, 0.1) is 30.5 Å². The van der Waals surface area contributed by atoms with Gasteiger partial charge in [0.25, 0.3) is 11.7 Å². The summed E-state index contributed by atoms with van der Waals surface area (Å²) in [4.78, 5) is 57.9. The van der Waals surface area contributed by atoms with Gasteiger partial charge >= 0.3 is 5.97 Å². The molecule has 3 fully saturated rings. The van der Waals surface area contributed by atoms with Gasteiger partial charge in [-0.1, -0.05) is 39.8 Å². The van der Waals surface area contributed by atoms with E-state index in [0.29, 0.717) is 36.8 Å². The first-order chi connectivity index (χ1) is 27.8. The number of carbonyl (C=O) groups excluding carboxylic acids is 4. The first kappa shape index (κ1) is 49.1. The molecule has 336 valence electrons. The zero-order valence-corrected chi connectivity index (χ0v) is 37.1. The number of fused-ring (bicyclic) bond motifs is 3. The van der Waals surface area contributed by atoms with Crippen molar-refractivity contribution in [2.75, 3.05) is 20.8 Å². The number of cyclic esters (lactones) is 1. The molecule has 4 aliphatic rings. The second-order valence-electron chi connectivity index (χ2n) is 18.2. The van der Waals surface area contributed by atoms with E-state index in [1.165, 1.54) is 14.2 Å². The van der Waals surface area contributed by atoms with Gasteiger partial charge in [0, 0.05) is 51.0 Å². The second kappa shape index (κ2) is 21.5. The molecular formula is C45H73FN2O11. The Kier molecular flexibility index (Phi) is 17.9. The summed E-state index contributed by atoms with van der Waals surface area (Å²) in [6, 6.07) is -1.28. The molecule has 59 heavy (non-hydrogen) atoms. The van der Waals surface area contributed by atoms with Crippen LogP contribution in [0.2, 0.25) is 0 Å². The zero-order chi connectivity index (χ0) is 43.9. The Morgan fingerprint density at radius 2 is 1.69 bits per heavy atom. The van der Waals surface area contributed by atoms with E-state index < -0.39 is 89.9 Å². The lowest BCUT2D eigenvalue weighted by Gasteiger charge is -2.47. The second-order valence-corrected chi connectivity index (χ2v) is 18.2. The number of allylic oxidation sites excluding steroid dienone is 3. The van der Waals surface area contributed by atoms with Gasteiger partial charge in [-0.05, 0) is 108 Å². The summed E-state index contributed by atoms with van der Waals surface area (Å²) in [6.45, 7) is 14.3. The number of ether oxygens (including phenoxy) is 5. The van der Waals surface area contributed by atoms with Crippen LogP contribution < -0.4 is 5.73 Å². The standard InChI is InChI=1S/C45H73FN2O11/c1-11-31-19-25(4)39(46)26(5)20-37(55-9)41-38(56-10)21-28(7)45(54,59-41)42(51)43(52)48-17-13-12-14-33(48)44(53)58-40(29(8)34(49)23-35(31)50)27(6)18-30-15-16-32(47)36(22-30)57-24(2)3/h18-19,24,26,28-34,36-41,49,54H,11-17,20-23,47H2,1-10H3/b25-19+,27-18?. The molecular weight excluding hydrogens is 763 g/mol. The Morgan fingerprint density at radius 3 is 2.32 bits per heavy atom. The molecule has 2 bridgehead atoms. The number of ketones is 2. The number of nitrogens with two attached hydrogens (primary N) is 1. The van der Waals surface area contributed by atoms with Crippen molar-refractivity contribution >= 4 is 23.4 Å². The van der Waals surface area contributed by atoms with Crippen molar-refractivity contribution in [1.82, 2.24) is 4.90 Å². The minimum atomic E-state index is -2.60. The molecule has 0 spiro atoms. The highest BCUT2D eigenvalue weighted by Crippen LogP contribution is 2.39. The lowest BCUT2D eigenvalue weighted by molar-refractivity contribution is -0.302. The Morgan fingerprint density at radius 1 is 1.03 bits per heavy atom. The number of hydrogen-bond acceptors (Lipinski definition) is 12. The van der Waals surface area contributed by atoms with Crippen LogP contribution in [0.4, 0.5) is 4.39 Å². The molecule has 0 aromatic heterocycles. The molecule has 15 unspecified atom stereocenters. The van der Waals surface area contributed by atoms with Crippen LogP contribution in [0.3, 0.4) is 0 Å². The third kappa shape index (κ3) is 11.7. The van der Waals surface area contributed by atoms with Crippen molar-refractivity contribution in [2.24, 2.45) is 35.3 Å². The Balaban J connectivity index is 1.78. The molecule has 14 heteroatoms. The van der Waals surface area contributed by atoms with E-state index in [0.717, 1.165) is 17.7 Å². The molecule has 0 aromatic rings. The number of methoxy groups -OCH3 is 2. The van der Waals surface area contributed by atoms with Crippen LogP contribution in [0, 0.1) is 29.6 Å². The van der Waals surface area contributed by atoms with E-state index in [1.807, 2.05) is 33.8 Å². The first-order valence-electron chi connectivity index (χ1n) is 21.9. The number of nitrogens with zero attached hydrogens (tertiary/aromatic N) is 1. The molecule has 3 heterocycles. The Bertz CT molecular complexity index is 1520. The third-order valence-electron chi connectivity index (χ3n) is 13.3. The van der Waals surface area contributed by atoms with Gasteiger partial charge < -0.3 is 44.5 Å². The van der Waals surface area contributed by atoms with E-state index >= 15 is 4.39 Å². The van der Waals surface area contributed by atoms with Crippen LogP contribution in [0.25, 0.3) is 0 Å². The average Bonchev–Trinajstić information content (AvgIpc) is 3.20. The summed E-state index contributed by atoms with van der Waals surface area (Å²) in [6.07, 6.45) is 0.913. The first-order valence-corrected chi connectivity index (χ1v) is 21.9. The summed E-state index contributed by atoms with van der Waals surface area (Å²) in [5.74, 6) is -8.93. The number of Topliss-reactive ketones (excluding diaryl/α,β-unsaturated/α-hetero) is 2. The predicted molar refractivity (Wildman–Crippen MR) is 220 cm³/mol. The van der Waals surface area contributed by atoms with E-state index in [1.54, 1.807) is 33.8 Å². The highest BCUT2D eigenvalue weighted by molar-refractivity contribution is 6.39. The van der Waals surface area contributed by atoms with Crippen LogP contribution in [-0.2, 0) is 42.9 Å². The van der Waals surface area contributed by atoms with Crippen LogP contribution in [0.5, 0.6) is 0 Å². The lowest BCUT2D eigenvalue weighted by atomic mass is 9.81. The number of rotatable bonds is 7. The van der Waals surface area contributed by atoms with E-state index in [2.05, 4.69) is 0 Å². The summed E-state index contributed by atoms with van der Waals surface area (Å²) >= 11 is 0. The highest BCUT2D eigenvalue weighted by Gasteiger charge is 2.57. The van der Waals surface area contributed by atoms with Gasteiger partial charge in [-0.15, -0.1) is 0 Å². The molecule has 1 saturated carbocycles. The summed E-state index contributed by atoms with van der Waals surface area (Å²) < 4.78 is 46.4. The number of carbonyl (C=O) groups is 4. The number of esters is 1. The number of aliphatic hydroxyl groups excluding tert-OH is 1. The number of piperidine rings is 1. The van der Waals surface area contributed by atoms with E-state index in [9.17, 15) is 29.4 Å². The number of hydrogen-bond donors (Lipinski definition) is 3. The van der Waals surface area contributed by atoms with E-state index in [-0.39, 0.29) is 62.2 Å². The molecule has 15 atom stereocenters. The molecule has 1 aliphatic carbocycles. The van der Waals surface area contributed by atoms with Gasteiger partial charge in [-0.25, -0.2) is 9.18 Å². The summed E-state index contributed by atoms with van der Waals surface area (Å²) in [7, 11) is 2.89. The minimum absolute atomic E-state index is 0.0130. The smallest absolute Gasteiger partial charge is 0.329 e. The monoisotopic (exact) mass is 837 g/mol. The van der Waals surface area contributed by atoms with Crippen molar-refractivity contribution in [3.05, 3.63) is 23.3 Å². The SMILES string of the molecule is CCC1/C=C(\C)C(F)C(C)CC(OC)C2OC(O)(C(=O)C(=O)N3CCCCC3C(=O)OC(C(C)=CC3CCC(N)C(OC(C)C)C3)C(C)C(O)CC1=O)C(C)CC2OC. The van der Waals surface area contributed by atoms with Crippen LogP contribution in [0.15, 0.2) is 23.3 Å². The molecule has 1 amide bonds. The quantitative estimate of drug-likeness (QED) is 0.174. The molecule has 0 radical (unpaired) electrons. The van der Waals surface area contributed by atoms with Crippen molar-refractivity contribution in [3.63, 3.8) is 0 Å². The molecule has 4 rings (SSSR count). The maximum atomic E-state index is 16.2. The van der Waals surface area contributed by atoms with Crippen LogP contribution in [0.1, 0.15) is 120 Å². The topological polar surface area (TPSA) is 184 Å². The van der Waals surface area contributed by atoms with Crippen molar-refractivity contribution in [1.29, 1.82) is 0 Å². The van der Waals surface area contributed by atoms with Gasteiger partial charge in [0.1, 0.15) is 30.2 Å². The van der Waals surface area contributed by atoms with Crippen molar-refractivity contribution in [3.8, 4) is 0 Å². The average molecular weight is 837 g/mol. The molecule has 3 aliphatic heterocycles. The summed E-state index contributed by atoms with van der Waals surface area (Å²) in [5, 5.41) is 23.7. The third-order valence-corrected chi connectivity index (χ3v) is 13.3. The Hall–Kier alpha value is -2.59. The van der Waals surface area contributed by atoms with Crippen molar-refractivity contribution in [2.45, 2.75) is 186 Å². The van der Waals surface area contributed by atoms with Gasteiger partial charge in [0.15, 0.2) is 0 Å². The number of amides is 1. The fraction of sp³-hybridized carbons (Fsp3) is 0.822. The van der Waals surface area contributed by atoms with Crippen molar-refractivity contribution < 1.29 is 57.5 Å². The van der Waals surface area contributed by atoms with Gasteiger partial charge in [-0.3, -0.25) is 14.4 Å². The highest BCUT2D eigenvalue weighted by atomic mass is 19.1. The van der Waals surface area contributed by atoms with Crippen LogP contribution in [-0.4, -0.2) is 126 Å². The predicted octanol–water partition coefficient (Wildman–Crippen LogP) is 5.17. The van der Waals surface area contributed by atoms with Gasteiger partial charge in [-0.2, -0.15) is 0 Å². The summed E-state index contributed by atoms with van der Waals surface area (Å²) in [5.41, 5.74) is 7.42. The maximum Gasteiger partial charge on any atom is 0.329 e. The minimum Gasteiger partial charge on any atom is -0.456 e. The lowest BCUT2D eigenvalue weighted by Crippen LogP contribution is -2.64. The van der Waals surface area contributed by atoms with E-state index in [4.69, 9.17) is 29.4 Å². The Labute approximate surface area is 350 Å². The fourth-order valence-corrected chi connectivity index (χ4v) is 9.59. The van der Waals surface area contributed by atoms with Crippen LogP contribution >= 0.6 is 0 Å². The molecule has 4 N–H and O–H groups in total. The number of alkyl halides is 1. The molecule has 0 aromatic carbocycles. The molecule has 13 nitrogen and oxygen atoms in total. The zero-order valence-electron chi connectivity index (χ0n) is 37.1. The fourth-order valence-electron chi connectivity index (χ4n) is 9.59. The number of aliphatic hydroxyl groups is 2. The molecule has 2 saturated heterocycles. The van der Waals surface area contributed by atoms with Gasteiger partial charge in [0.2, 0.25) is 5.79 Å². The normalized spacial score (nSPS) is 41.4. The number of halogens is 1. The maximum absolute atomic E-state index is 16.2. The largest absolute Gasteiger partial charge is 0.456 e.